The van der Waals surface area contributed by atoms with Crippen LogP contribution in [0.3, 0.4) is 0 Å². The van der Waals surface area contributed by atoms with Crippen molar-refractivity contribution >= 4 is 27.5 Å². The van der Waals surface area contributed by atoms with E-state index >= 15 is 0 Å². The summed E-state index contributed by atoms with van der Waals surface area (Å²) in [5.74, 6) is -0.989. The van der Waals surface area contributed by atoms with Crippen molar-refractivity contribution in [2.75, 3.05) is 0 Å². The number of carbonyl (C=O) groups is 1. The Bertz CT molecular complexity index is 429. The molecule has 0 aliphatic rings. The van der Waals surface area contributed by atoms with Crippen LogP contribution in [0.15, 0.2) is 29.3 Å². The van der Waals surface area contributed by atoms with Gasteiger partial charge in [0.25, 0.3) is 0 Å². The summed E-state index contributed by atoms with van der Waals surface area (Å²) in [4.78, 5) is 10.7. The lowest BCUT2D eigenvalue weighted by molar-refractivity contribution is -0.138. The maximum absolute atomic E-state index is 10.7. The number of hydrogen-bond donors (Lipinski definition) is 2. The third-order valence-electron chi connectivity index (χ3n) is 2.22. The van der Waals surface area contributed by atoms with Gasteiger partial charge in [-0.2, -0.15) is 0 Å². The van der Waals surface area contributed by atoms with Gasteiger partial charge in [-0.1, -0.05) is 34.1 Å². The zero-order valence-corrected chi connectivity index (χ0v) is 10.6. The summed E-state index contributed by atoms with van der Waals surface area (Å²) in [6.07, 6.45) is 0.315. The second kappa shape index (κ2) is 5.27. The van der Waals surface area contributed by atoms with Crippen LogP contribution in [0.25, 0.3) is 5.57 Å². The highest BCUT2D eigenvalue weighted by molar-refractivity contribution is 9.10. The van der Waals surface area contributed by atoms with Gasteiger partial charge in [-0.05, 0) is 36.6 Å². The van der Waals surface area contributed by atoms with Crippen LogP contribution in [0, 0.1) is 0 Å². The highest BCUT2D eigenvalue weighted by Crippen LogP contribution is 2.21. The number of nitrogens with two attached hydrogens (primary N) is 1. The topological polar surface area (TPSA) is 63.3 Å². The lowest BCUT2D eigenvalue weighted by atomic mass is 10.0. The van der Waals surface area contributed by atoms with Crippen LogP contribution >= 0.6 is 15.9 Å². The second-order valence-electron chi connectivity index (χ2n) is 3.78. The summed E-state index contributed by atoms with van der Waals surface area (Å²) < 4.78 is 0.903. The number of benzene rings is 1. The zero-order chi connectivity index (χ0) is 12.3. The van der Waals surface area contributed by atoms with Crippen molar-refractivity contribution in [3.8, 4) is 0 Å². The molecular formula is C12H14BrNO2. The van der Waals surface area contributed by atoms with Crippen LogP contribution in [0.4, 0.5) is 0 Å². The monoisotopic (exact) mass is 283 g/mol. The molecule has 0 aliphatic carbocycles. The molecule has 0 fully saturated rings. The highest BCUT2D eigenvalue weighted by Gasteiger charge is 2.12. The van der Waals surface area contributed by atoms with Crippen molar-refractivity contribution in [1.82, 2.24) is 0 Å². The fraction of sp³-hybridized carbons (Fsp3) is 0.250. The Morgan fingerprint density at radius 2 is 2.19 bits per heavy atom. The third-order valence-corrected chi connectivity index (χ3v) is 2.68. The van der Waals surface area contributed by atoms with E-state index in [1.165, 1.54) is 0 Å². The Kier molecular flexibility index (Phi) is 4.26. The quantitative estimate of drug-likeness (QED) is 0.892. The van der Waals surface area contributed by atoms with Gasteiger partial charge in [-0.3, -0.25) is 4.79 Å². The summed E-state index contributed by atoms with van der Waals surface area (Å²) in [5, 5.41) is 8.74. The lowest BCUT2D eigenvalue weighted by Crippen LogP contribution is -2.32. The van der Waals surface area contributed by atoms with Crippen LogP contribution in [0.5, 0.6) is 0 Å². The molecule has 1 rings (SSSR count). The zero-order valence-electron chi connectivity index (χ0n) is 9.03. The molecule has 0 spiro atoms. The first-order chi connectivity index (χ1) is 7.40. The first-order valence-corrected chi connectivity index (χ1v) is 5.63. The molecule has 1 unspecified atom stereocenters. The molecule has 0 radical (unpaired) electrons. The molecular weight excluding hydrogens is 270 g/mol. The number of allylic oxidation sites excluding steroid dienone is 1. The van der Waals surface area contributed by atoms with E-state index in [0.29, 0.717) is 6.42 Å². The Balaban J connectivity index is 2.97. The largest absolute Gasteiger partial charge is 0.480 e. The average molecular weight is 284 g/mol. The molecule has 0 saturated carbocycles. The Hall–Kier alpha value is -1.13. The smallest absolute Gasteiger partial charge is 0.320 e. The van der Waals surface area contributed by atoms with E-state index in [4.69, 9.17) is 10.8 Å². The molecule has 0 aromatic heterocycles. The molecule has 0 bridgehead atoms. The number of hydrogen-bond acceptors (Lipinski definition) is 2. The molecule has 1 aromatic rings. The minimum atomic E-state index is -0.989. The Labute approximate surface area is 103 Å². The van der Waals surface area contributed by atoms with Gasteiger partial charge in [-0.15, -0.1) is 0 Å². The number of carboxylic acids is 1. The second-order valence-corrected chi connectivity index (χ2v) is 4.69. The van der Waals surface area contributed by atoms with Gasteiger partial charge in [0.15, 0.2) is 0 Å². The van der Waals surface area contributed by atoms with E-state index < -0.39 is 12.0 Å². The van der Waals surface area contributed by atoms with Gasteiger partial charge >= 0.3 is 5.97 Å². The minimum absolute atomic E-state index is 0.315. The number of aliphatic carboxylic acids is 1. The van der Waals surface area contributed by atoms with Crippen molar-refractivity contribution in [2.45, 2.75) is 19.4 Å². The van der Waals surface area contributed by atoms with E-state index in [-0.39, 0.29) is 0 Å². The molecule has 4 heteroatoms. The normalized spacial score (nSPS) is 12.2. The van der Waals surface area contributed by atoms with Crippen LogP contribution in [0.1, 0.15) is 18.1 Å². The fourth-order valence-corrected chi connectivity index (χ4v) is 1.90. The molecule has 0 amide bonds. The van der Waals surface area contributed by atoms with Crippen molar-refractivity contribution in [2.24, 2.45) is 5.73 Å². The van der Waals surface area contributed by atoms with Crippen molar-refractivity contribution in [1.29, 1.82) is 0 Å². The van der Waals surface area contributed by atoms with Crippen molar-refractivity contribution < 1.29 is 9.90 Å². The average Bonchev–Trinajstić information content (AvgIpc) is 2.16. The molecule has 86 valence electrons. The number of halogens is 1. The van der Waals surface area contributed by atoms with Gasteiger partial charge in [0.2, 0.25) is 0 Å². The molecule has 1 aromatic carbocycles. The Morgan fingerprint density at radius 3 is 2.69 bits per heavy atom. The first kappa shape index (κ1) is 12.9. The van der Waals surface area contributed by atoms with Gasteiger partial charge in [0.05, 0.1) is 0 Å². The minimum Gasteiger partial charge on any atom is -0.480 e. The standard InChI is InChI=1S/C12H14BrNO2/c1-7(2)9-3-8(4-10(13)6-9)5-11(14)12(15)16/h3-4,6,11H,1,5,14H2,2H3,(H,15,16). The van der Waals surface area contributed by atoms with Gasteiger partial charge < -0.3 is 10.8 Å². The van der Waals surface area contributed by atoms with E-state index in [2.05, 4.69) is 22.5 Å². The highest BCUT2D eigenvalue weighted by atomic mass is 79.9. The predicted octanol–water partition coefficient (Wildman–Crippen LogP) is 2.44. The summed E-state index contributed by atoms with van der Waals surface area (Å²) >= 11 is 3.38. The lowest BCUT2D eigenvalue weighted by Gasteiger charge is -2.09. The summed E-state index contributed by atoms with van der Waals surface area (Å²) in [6.45, 7) is 5.76. The van der Waals surface area contributed by atoms with Crippen molar-refractivity contribution in [3.63, 3.8) is 0 Å². The summed E-state index contributed by atoms with van der Waals surface area (Å²) in [7, 11) is 0. The molecule has 3 nitrogen and oxygen atoms in total. The van der Waals surface area contributed by atoms with Crippen LogP contribution in [-0.4, -0.2) is 17.1 Å². The van der Waals surface area contributed by atoms with Crippen LogP contribution in [0.2, 0.25) is 0 Å². The molecule has 1 atom stereocenters. The third kappa shape index (κ3) is 3.47. The van der Waals surface area contributed by atoms with E-state index in [9.17, 15) is 4.79 Å². The Morgan fingerprint density at radius 1 is 1.56 bits per heavy atom. The molecule has 0 saturated heterocycles. The van der Waals surface area contributed by atoms with E-state index in [1.807, 2.05) is 25.1 Å². The van der Waals surface area contributed by atoms with E-state index in [1.54, 1.807) is 0 Å². The van der Waals surface area contributed by atoms with Gasteiger partial charge in [0.1, 0.15) is 6.04 Å². The number of rotatable bonds is 4. The van der Waals surface area contributed by atoms with Gasteiger partial charge in [-0.25, -0.2) is 0 Å². The van der Waals surface area contributed by atoms with Crippen LogP contribution < -0.4 is 5.73 Å². The maximum atomic E-state index is 10.7. The van der Waals surface area contributed by atoms with Crippen molar-refractivity contribution in [3.05, 3.63) is 40.4 Å². The molecule has 0 heterocycles. The molecule has 0 aliphatic heterocycles. The molecule has 16 heavy (non-hydrogen) atoms. The SMILES string of the molecule is C=C(C)c1cc(Br)cc(CC(N)C(=O)O)c1. The maximum Gasteiger partial charge on any atom is 0.320 e. The summed E-state index contributed by atoms with van der Waals surface area (Å²) in [6, 6.07) is 4.86. The number of carboxylic acid groups (broad SMARTS) is 1. The van der Waals surface area contributed by atoms with Crippen LogP contribution in [-0.2, 0) is 11.2 Å². The van der Waals surface area contributed by atoms with Gasteiger partial charge in [0, 0.05) is 4.47 Å². The first-order valence-electron chi connectivity index (χ1n) is 4.84. The fourth-order valence-electron chi connectivity index (χ4n) is 1.36. The predicted molar refractivity (Wildman–Crippen MR) is 68.2 cm³/mol. The molecule has 3 N–H and O–H groups in total. The van der Waals surface area contributed by atoms with E-state index in [0.717, 1.165) is 21.2 Å². The summed E-state index contributed by atoms with van der Waals surface area (Å²) in [5.41, 5.74) is 8.30.